The van der Waals surface area contributed by atoms with Gasteiger partial charge in [0.15, 0.2) is 0 Å². The highest BCUT2D eigenvalue weighted by Crippen LogP contribution is 2.44. The van der Waals surface area contributed by atoms with Crippen LogP contribution in [0.1, 0.15) is 33.6 Å². The number of carbonyl (C=O) groups excluding carboxylic acids is 1. The molecule has 1 amide bonds. The van der Waals surface area contributed by atoms with Crippen molar-refractivity contribution >= 4 is 17.2 Å². The molecule has 3 aromatic rings. The first kappa shape index (κ1) is 17.6. The number of carbonyl (C=O) groups is 1. The van der Waals surface area contributed by atoms with Crippen LogP contribution in [0.2, 0.25) is 0 Å². The number of rotatable bonds is 2. The lowest BCUT2D eigenvalue weighted by Crippen LogP contribution is -2.48. The molecule has 0 N–H and O–H groups in total. The van der Waals surface area contributed by atoms with Crippen molar-refractivity contribution in [1.82, 2.24) is 14.5 Å². The Bertz CT molecular complexity index is 1010. The fraction of sp³-hybridized carbons (Fsp3) is 0.364. The van der Waals surface area contributed by atoms with Crippen LogP contribution in [0.15, 0.2) is 48.1 Å². The van der Waals surface area contributed by atoms with Crippen molar-refractivity contribution in [3.8, 4) is 11.4 Å². The predicted molar refractivity (Wildman–Crippen MR) is 109 cm³/mol. The Morgan fingerprint density at radius 2 is 2.04 bits per heavy atom. The molecule has 0 atom stereocenters. The highest BCUT2D eigenvalue weighted by atomic mass is 32.1. The number of likely N-dealkylation sites (tertiary alicyclic amines) is 1. The first-order valence-corrected chi connectivity index (χ1v) is 10.6. The van der Waals surface area contributed by atoms with Crippen molar-refractivity contribution in [2.45, 2.75) is 24.9 Å². The molecule has 1 fully saturated rings. The Morgan fingerprint density at radius 1 is 1.21 bits per heavy atom. The molecular weight excluding hydrogens is 370 g/mol. The molecule has 0 unspecified atom stereocenters. The molecule has 144 valence electrons. The SMILES string of the molecule is Cn1ccnc1-c1ccccc1C(=O)N1CCC2(CC1)OCCc1ccsc12. The van der Waals surface area contributed by atoms with Crippen LogP contribution < -0.4 is 0 Å². The van der Waals surface area contributed by atoms with Gasteiger partial charge in [-0.15, -0.1) is 11.3 Å². The van der Waals surface area contributed by atoms with Gasteiger partial charge in [-0.1, -0.05) is 18.2 Å². The zero-order valence-electron chi connectivity index (χ0n) is 15.9. The number of ether oxygens (including phenoxy) is 1. The molecule has 1 aromatic carbocycles. The number of amides is 1. The average molecular weight is 394 g/mol. The van der Waals surface area contributed by atoms with Crippen LogP contribution in [-0.4, -0.2) is 40.1 Å². The van der Waals surface area contributed by atoms with Crippen LogP contribution in [-0.2, 0) is 23.8 Å². The van der Waals surface area contributed by atoms with Crippen molar-refractivity contribution in [1.29, 1.82) is 0 Å². The summed E-state index contributed by atoms with van der Waals surface area (Å²) >= 11 is 1.80. The molecule has 28 heavy (non-hydrogen) atoms. The summed E-state index contributed by atoms with van der Waals surface area (Å²) in [5.41, 5.74) is 2.83. The third-order valence-electron chi connectivity index (χ3n) is 5.99. The van der Waals surface area contributed by atoms with E-state index in [4.69, 9.17) is 4.74 Å². The molecule has 2 aliphatic heterocycles. The first-order valence-electron chi connectivity index (χ1n) is 9.75. The monoisotopic (exact) mass is 393 g/mol. The molecule has 0 bridgehead atoms. The molecule has 0 radical (unpaired) electrons. The quantitative estimate of drug-likeness (QED) is 0.664. The number of imidazole rings is 1. The smallest absolute Gasteiger partial charge is 0.254 e. The van der Waals surface area contributed by atoms with Crippen molar-refractivity contribution in [3.63, 3.8) is 0 Å². The van der Waals surface area contributed by atoms with Crippen LogP contribution in [0.4, 0.5) is 0 Å². The lowest BCUT2D eigenvalue weighted by atomic mass is 9.85. The van der Waals surface area contributed by atoms with Gasteiger partial charge in [0.25, 0.3) is 5.91 Å². The van der Waals surface area contributed by atoms with Gasteiger partial charge in [0, 0.05) is 43.0 Å². The van der Waals surface area contributed by atoms with Crippen molar-refractivity contribution in [2.75, 3.05) is 19.7 Å². The van der Waals surface area contributed by atoms with E-state index < -0.39 is 0 Å². The van der Waals surface area contributed by atoms with Crippen LogP contribution in [0.3, 0.4) is 0 Å². The second-order valence-corrected chi connectivity index (χ2v) is 8.48. The summed E-state index contributed by atoms with van der Waals surface area (Å²) < 4.78 is 8.23. The molecule has 0 aliphatic carbocycles. The van der Waals surface area contributed by atoms with Crippen LogP contribution in [0.25, 0.3) is 11.4 Å². The van der Waals surface area contributed by atoms with Gasteiger partial charge in [-0.25, -0.2) is 4.98 Å². The fourth-order valence-corrected chi connectivity index (χ4v) is 5.62. The Labute approximate surface area is 168 Å². The molecule has 5 nitrogen and oxygen atoms in total. The van der Waals surface area contributed by atoms with E-state index in [1.54, 1.807) is 17.5 Å². The highest BCUT2D eigenvalue weighted by Gasteiger charge is 2.42. The maximum Gasteiger partial charge on any atom is 0.254 e. The largest absolute Gasteiger partial charge is 0.369 e. The van der Waals surface area contributed by atoms with E-state index in [1.165, 1.54) is 10.4 Å². The van der Waals surface area contributed by atoms with E-state index in [-0.39, 0.29) is 11.5 Å². The zero-order chi connectivity index (χ0) is 19.1. The Hall–Kier alpha value is -2.44. The molecule has 6 heteroatoms. The molecular formula is C22H23N3O2S. The minimum Gasteiger partial charge on any atom is -0.369 e. The van der Waals surface area contributed by atoms with Crippen LogP contribution in [0, 0.1) is 0 Å². The maximum absolute atomic E-state index is 13.3. The van der Waals surface area contributed by atoms with E-state index in [2.05, 4.69) is 16.4 Å². The summed E-state index contributed by atoms with van der Waals surface area (Å²) in [4.78, 5) is 21.1. The van der Waals surface area contributed by atoms with Crippen LogP contribution >= 0.6 is 11.3 Å². The molecule has 0 saturated carbocycles. The van der Waals surface area contributed by atoms with Crippen molar-refractivity contribution < 1.29 is 9.53 Å². The summed E-state index contributed by atoms with van der Waals surface area (Å²) in [6, 6.07) is 9.99. The van der Waals surface area contributed by atoms with E-state index in [9.17, 15) is 4.79 Å². The topological polar surface area (TPSA) is 47.4 Å². The van der Waals surface area contributed by atoms with Gasteiger partial charge < -0.3 is 14.2 Å². The van der Waals surface area contributed by atoms with E-state index in [0.717, 1.165) is 37.3 Å². The minimum atomic E-state index is -0.197. The van der Waals surface area contributed by atoms with Crippen LogP contribution in [0.5, 0.6) is 0 Å². The highest BCUT2D eigenvalue weighted by molar-refractivity contribution is 7.10. The molecule has 5 rings (SSSR count). The lowest BCUT2D eigenvalue weighted by Gasteiger charge is -2.43. The first-order chi connectivity index (χ1) is 13.7. The van der Waals surface area contributed by atoms with Gasteiger partial charge >= 0.3 is 0 Å². The van der Waals surface area contributed by atoms with E-state index in [0.29, 0.717) is 18.7 Å². The zero-order valence-corrected chi connectivity index (χ0v) is 16.7. The van der Waals surface area contributed by atoms with Crippen molar-refractivity contribution in [3.05, 3.63) is 64.1 Å². The Balaban J connectivity index is 1.39. The van der Waals surface area contributed by atoms with Gasteiger partial charge in [-0.2, -0.15) is 0 Å². The number of fused-ring (bicyclic) bond motifs is 2. The second-order valence-electron chi connectivity index (χ2n) is 7.57. The molecule has 1 spiro atoms. The summed E-state index contributed by atoms with van der Waals surface area (Å²) in [6.45, 7) is 2.20. The lowest BCUT2D eigenvalue weighted by molar-refractivity contribution is -0.0906. The molecule has 2 aliphatic rings. The third kappa shape index (κ3) is 2.79. The number of hydrogen-bond donors (Lipinski definition) is 0. The Kier molecular flexibility index (Phi) is 4.33. The maximum atomic E-state index is 13.3. The van der Waals surface area contributed by atoms with Gasteiger partial charge in [0.1, 0.15) is 11.4 Å². The number of thiophene rings is 1. The standard InChI is InChI=1S/C22H23N3O2S/c1-24-13-10-23-20(24)17-4-2-3-5-18(17)21(26)25-11-8-22(9-12-25)19-16(6-14-27-22)7-15-28-19/h2-5,7,10,13,15H,6,8-9,11-12,14H2,1H3. The Morgan fingerprint density at radius 3 is 2.82 bits per heavy atom. The number of piperidine rings is 1. The summed E-state index contributed by atoms with van der Waals surface area (Å²) in [6.07, 6.45) is 6.38. The number of aromatic nitrogens is 2. The molecule has 1 saturated heterocycles. The summed E-state index contributed by atoms with van der Waals surface area (Å²) in [7, 11) is 1.95. The number of nitrogens with zero attached hydrogens (tertiary/aromatic N) is 3. The summed E-state index contributed by atoms with van der Waals surface area (Å²) in [5.74, 6) is 0.895. The fourth-order valence-electron chi connectivity index (χ4n) is 4.46. The van der Waals surface area contributed by atoms with Crippen molar-refractivity contribution in [2.24, 2.45) is 7.05 Å². The summed E-state index contributed by atoms with van der Waals surface area (Å²) in [5, 5.41) is 2.17. The molecule has 2 aromatic heterocycles. The number of aryl methyl sites for hydroxylation is 1. The predicted octanol–water partition coefficient (Wildman–Crippen LogP) is 3.85. The number of hydrogen-bond acceptors (Lipinski definition) is 4. The normalized spacial score (nSPS) is 18.2. The molecule has 4 heterocycles. The van der Waals surface area contributed by atoms with E-state index >= 15 is 0 Å². The van der Waals surface area contributed by atoms with E-state index in [1.807, 2.05) is 47.0 Å². The van der Waals surface area contributed by atoms with Gasteiger partial charge in [0.05, 0.1) is 12.2 Å². The number of benzene rings is 1. The second kappa shape index (κ2) is 6.87. The average Bonchev–Trinajstić information content (AvgIpc) is 3.38. The van der Waals surface area contributed by atoms with Gasteiger partial charge in [0.2, 0.25) is 0 Å². The minimum absolute atomic E-state index is 0.0793. The third-order valence-corrected chi connectivity index (χ3v) is 7.13. The van der Waals surface area contributed by atoms with Gasteiger partial charge in [-0.05, 0) is 42.3 Å². The van der Waals surface area contributed by atoms with Gasteiger partial charge in [-0.3, -0.25) is 4.79 Å².